The van der Waals surface area contributed by atoms with Crippen LogP contribution in [0.5, 0.6) is 0 Å². The number of nitrogens with zero attached hydrogens (tertiary/aromatic N) is 1. The number of benzene rings is 1. The molecule has 1 unspecified atom stereocenters. The van der Waals surface area contributed by atoms with E-state index in [1.807, 2.05) is 12.1 Å². The van der Waals surface area contributed by atoms with Crippen LogP contribution in [0.3, 0.4) is 0 Å². The van der Waals surface area contributed by atoms with Crippen molar-refractivity contribution in [3.05, 3.63) is 24.3 Å². The maximum Gasteiger partial charge on any atom is 0.178 e. The summed E-state index contributed by atoms with van der Waals surface area (Å²) in [5.74, 6) is 0.137. The molecular formula is C15H24N2O2S. The topological polar surface area (TPSA) is 63.4 Å². The molecule has 4 nitrogen and oxygen atoms in total. The van der Waals surface area contributed by atoms with Gasteiger partial charge in [-0.05, 0) is 36.1 Å². The van der Waals surface area contributed by atoms with Crippen LogP contribution >= 0.6 is 0 Å². The number of anilines is 1. The Balaban J connectivity index is 2.19. The lowest BCUT2D eigenvalue weighted by Gasteiger charge is -2.43. The third-order valence-electron chi connectivity index (χ3n) is 4.25. The molecule has 1 atom stereocenters. The first kappa shape index (κ1) is 15.3. The Hall–Kier alpha value is -1.07. The molecule has 5 heteroatoms. The zero-order valence-electron chi connectivity index (χ0n) is 12.5. The van der Waals surface area contributed by atoms with E-state index in [0.29, 0.717) is 4.90 Å². The summed E-state index contributed by atoms with van der Waals surface area (Å²) < 4.78 is 23.6. The highest BCUT2D eigenvalue weighted by molar-refractivity contribution is 7.91. The maximum atomic E-state index is 11.8. The second-order valence-corrected chi connectivity index (χ2v) is 8.48. The molecule has 1 aliphatic rings. The fraction of sp³-hybridized carbons (Fsp3) is 0.600. The Morgan fingerprint density at radius 1 is 1.30 bits per heavy atom. The number of hydrogen-bond acceptors (Lipinski definition) is 4. The van der Waals surface area contributed by atoms with Gasteiger partial charge >= 0.3 is 0 Å². The van der Waals surface area contributed by atoms with Crippen molar-refractivity contribution in [2.45, 2.75) is 38.1 Å². The van der Waals surface area contributed by atoms with Crippen molar-refractivity contribution >= 4 is 15.5 Å². The summed E-state index contributed by atoms with van der Waals surface area (Å²) in [5.41, 5.74) is 7.29. The van der Waals surface area contributed by atoms with Gasteiger partial charge in [0.2, 0.25) is 0 Å². The van der Waals surface area contributed by atoms with Gasteiger partial charge in [-0.1, -0.05) is 20.8 Å². The van der Waals surface area contributed by atoms with E-state index in [4.69, 9.17) is 5.73 Å². The Morgan fingerprint density at radius 3 is 2.40 bits per heavy atom. The molecule has 0 bridgehead atoms. The Bertz CT molecular complexity index is 564. The highest BCUT2D eigenvalue weighted by Gasteiger charge is 2.33. The van der Waals surface area contributed by atoms with Gasteiger partial charge in [-0.15, -0.1) is 0 Å². The minimum atomic E-state index is -3.12. The largest absolute Gasteiger partial charge is 0.371 e. The van der Waals surface area contributed by atoms with Crippen molar-refractivity contribution in [3.8, 4) is 0 Å². The van der Waals surface area contributed by atoms with Crippen LogP contribution in [0.4, 0.5) is 5.69 Å². The minimum absolute atomic E-state index is 0.0758. The Kier molecular flexibility index (Phi) is 4.12. The molecule has 2 N–H and O–H groups in total. The normalized spacial score (nSPS) is 22.8. The number of rotatable bonds is 3. The van der Waals surface area contributed by atoms with Crippen LogP contribution < -0.4 is 10.6 Å². The molecule has 1 aromatic rings. The summed E-state index contributed by atoms with van der Waals surface area (Å²) in [6.45, 7) is 7.84. The van der Waals surface area contributed by atoms with E-state index in [-0.39, 0.29) is 17.2 Å². The number of piperidine rings is 1. The van der Waals surface area contributed by atoms with Gasteiger partial charge < -0.3 is 10.6 Å². The molecule has 2 rings (SSSR count). The maximum absolute atomic E-state index is 11.8. The van der Waals surface area contributed by atoms with Gasteiger partial charge in [0.15, 0.2) is 9.84 Å². The van der Waals surface area contributed by atoms with Crippen LogP contribution in [0.2, 0.25) is 0 Å². The second-order valence-electron chi connectivity index (χ2n) is 6.20. The lowest BCUT2D eigenvalue weighted by molar-refractivity contribution is 0.245. The molecule has 112 valence electrons. The highest BCUT2D eigenvalue weighted by atomic mass is 32.2. The summed E-state index contributed by atoms with van der Waals surface area (Å²) in [7, 11) is -3.12. The smallest absolute Gasteiger partial charge is 0.178 e. The first-order valence-corrected chi connectivity index (χ1v) is 8.75. The monoisotopic (exact) mass is 296 g/mol. The Morgan fingerprint density at radius 2 is 1.90 bits per heavy atom. The van der Waals surface area contributed by atoms with Crippen LogP contribution in [0, 0.1) is 5.41 Å². The number of hydrogen-bond donors (Lipinski definition) is 1. The van der Waals surface area contributed by atoms with Gasteiger partial charge in [-0.3, -0.25) is 0 Å². The molecule has 1 aliphatic heterocycles. The van der Waals surface area contributed by atoms with E-state index >= 15 is 0 Å². The summed E-state index contributed by atoms with van der Waals surface area (Å²) in [5, 5.41) is 0. The average Bonchev–Trinajstić information content (AvgIpc) is 2.42. The quantitative estimate of drug-likeness (QED) is 0.927. The van der Waals surface area contributed by atoms with E-state index in [1.165, 1.54) is 0 Å². The average molecular weight is 296 g/mol. The summed E-state index contributed by atoms with van der Waals surface area (Å²) in [6.07, 6.45) is 0.960. The fourth-order valence-corrected chi connectivity index (χ4v) is 3.51. The third-order valence-corrected chi connectivity index (χ3v) is 6.00. The first-order valence-electron chi connectivity index (χ1n) is 7.09. The zero-order chi connectivity index (χ0) is 15.0. The van der Waals surface area contributed by atoms with Gasteiger partial charge in [-0.2, -0.15) is 0 Å². The lowest BCUT2D eigenvalue weighted by Crippen LogP contribution is -2.52. The molecule has 0 amide bonds. The molecule has 1 aromatic carbocycles. The molecule has 0 radical (unpaired) electrons. The van der Waals surface area contributed by atoms with Gasteiger partial charge in [0.25, 0.3) is 0 Å². The van der Waals surface area contributed by atoms with Crippen LogP contribution in [-0.4, -0.2) is 33.3 Å². The van der Waals surface area contributed by atoms with Gasteiger partial charge in [0, 0.05) is 24.8 Å². The molecular weight excluding hydrogens is 272 g/mol. The van der Waals surface area contributed by atoms with Crippen LogP contribution in [0.1, 0.15) is 27.2 Å². The molecule has 1 heterocycles. The van der Waals surface area contributed by atoms with Crippen molar-refractivity contribution in [2.75, 3.05) is 23.7 Å². The predicted molar refractivity (Wildman–Crippen MR) is 82.8 cm³/mol. The lowest BCUT2D eigenvalue weighted by atomic mass is 9.79. The van der Waals surface area contributed by atoms with Crippen molar-refractivity contribution < 1.29 is 8.42 Å². The van der Waals surface area contributed by atoms with Crippen LogP contribution in [0.25, 0.3) is 0 Å². The van der Waals surface area contributed by atoms with Gasteiger partial charge in [0.05, 0.1) is 10.6 Å². The standard InChI is InChI=1S/C15H24N2O2S/c1-4-20(18,19)13-7-5-12(6-8-13)17-10-9-14(16)15(2,3)11-17/h5-8,14H,4,9-11,16H2,1-3H3. The summed E-state index contributed by atoms with van der Waals surface area (Å²) in [4.78, 5) is 2.68. The second kappa shape index (κ2) is 5.37. The first-order chi connectivity index (χ1) is 9.26. The van der Waals surface area contributed by atoms with E-state index in [1.54, 1.807) is 19.1 Å². The highest BCUT2D eigenvalue weighted by Crippen LogP contribution is 2.31. The van der Waals surface area contributed by atoms with Crippen molar-refractivity contribution in [1.82, 2.24) is 0 Å². The van der Waals surface area contributed by atoms with E-state index in [2.05, 4.69) is 18.7 Å². The number of nitrogens with two attached hydrogens (primary N) is 1. The zero-order valence-corrected chi connectivity index (χ0v) is 13.3. The van der Waals surface area contributed by atoms with Gasteiger partial charge in [0.1, 0.15) is 0 Å². The molecule has 0 aliphatic carbocycles. The van der Waals surface area contributed by atoms with Gasteiger partial charge in [-0.25, -0.2) is 8.42 Å². The SMILES string of the molecule is CCS(=O)(=O)c1ccc(N2CCC(N)C(C)(C)C2)cc1. The molecule has 0 spiro atoms. The minimum Gasteiger partial charge on any atom is -0.371 e. The van der Waals surface area contributed by atoms with Crippen LogP contribution in [-0.2, 0) is 9.84 Å². The fourth-order valence-electron chi connectivity index (χ4n) is 2.63. The van der Waals surface area contributed by atoms with Crippen molar-refractivity contribution in [3.63, 3.8) is 0 Å². The molecule has 0 saturated carbocycles. The molecule has 20 heavy (non-hydrogen) atoms. The Labute approximate surface area is 121 Å². The number of sulfone groups is 1. The molecule has 1 fully saturated rings. The van der Waals surface area contributed by atoms with E-state index in [0.717, 1.165) is 25.2 Å². The van der Waals surface area contributed by atoms with E-state index in [9.17, 15) is 8.42 Å². The third kappa shape index (κ3) is 2.99. The summed E-state index contributed by atoms with van der Waals surface area (Å²) in [6, 6.07) is 7.43. The van der Waals surface area contributed by atoms with Crippen molar-refractivity contribution in [2.24, 2.45) is 11.1 Å². The molecule has 0 aromatic heterocycles. The van der Waals surface area contributed by atoms with E-state index < -0.39 is 9.84 Å². The molecule has 1 saturated heterocycles. The van der Waals surface area contributed by atoms with Crippen molar-refractivity contribution in [1.29, 1.82) is 0 Å². The van der Waals surface area contributed by atoms with Crippen LogP contribution in [0.15, 0.2) is 29.2 Å². The summed E-state index contributed by atoms with van der Waals surface area (Å²) >= 11 is 0. The predicted octanol–water partition coefficient (Wildman–Crippen LogP) is 2.04.